The van der Waals surface area contributed by atoms with Gasteiger partial charge in [0.05, 0.1) is 6.10 Å². The summed E-state index contributed by atoms with van der Waals surface area (Å²) in [5, 5.41) is 10.8. The third-order valence-electron chi connectivity index (χ3n) is 3.50. The van der Waals surface area contributed by atoms with Crippen molar-refractivity contribution < 1.29 is 5.11 Å². The summed E-state index contributed by atoms with van der Waals surface area (Å²) in [7, 11) is -1.37. The lowest BCUT2D eigenvalue weighted by molar-refractivity contribution is 0.162. The van der Waals surface area contributed by atoms with Crippen molar-refractivity contribution in [2.45, 2.75) is 31.7 Å². The molecule has 2 aromatic carbocycles. The highest BCUT2D eigenvalue weighted by atomic mass is 28.3. The summed E-state index contributed by atoms with van der Waals surface area (Å²) < 4.78 is 0. The van der Waals surface area contributed by atoms with Crippen LogP contribution < -0.4 is 0 Å². The van der Waals surface area contributed by atoms with Gasteiger partial charge in [-0.25, -0.2) is 0 Å². The molecule has 1 nitrogen and oxygen atoms in total. The van der Waals surface area contributed by atoms with Crippen LogP contribution in [0.3, 0.4) is 0 Å². The summed E-state index contributed by atoms with van der Waals surface area (Å²) in [5.74, 6) is 3.05. The van der Waals surface area contributed by atoms with Gasteiger partial charge in [-0.1, -0.05) is 92.3 Å². The maximum atomic E-state index is 10.8. The van der Waals surface area contributed by atoms with Crippen LogP contribution >= 0.6 is 0 Å². The number of allylic oxidation sites excluding steroid dienone is 1. The van der Waals surface area contributed by atoms with Crippen LogP contribution in [0.2, 0.25) is 19.6 Å². The molecule has 0 unspecified atom stereocenters. The molecular weight excluding hydrogens is 296 g/mol. The first-order valence-corrected chi connectivity index (χ1v) is 11.4. The molecule has 0 aliphatic heterocycles. The van der Waals surface area contributed by atoms with Gasteiger partial charge in [0.25, 0.3) is 0 Å². The summed E-state index contributed by atoms with van der Waals surface area (Å²) in [5.41, 5.74) is 5.34. The Kier molecular flexibility index (Phi) is 5.98. The van der Waals surface area contributed by atoms with E-state index in [1.54, 1.807) is 0 Å². The largest absolute Gasteiger partial charge is 0.387 e. The van der Waals surface area contributed by atoms with Crippen LogP contribution in [0.5, 0.6) is 0 Å². The number of aliphatic hydroxyl groups excluding tert-OH is 1. The topological polar surface area (TPSA) is 20.2 Å². The molecule has 0 aromatic heterocycles. The molecule has 2 rings (SSSR count). The Labute approximate surface area is 140 Å². The molecule has 0 fully saturated rings. The van der Waals surface area contributed by atoms with E-state index in [9.17, 15) is 5.11 Å². The van der Waals surface area contributed by atoms with E-state index in [4.69, 9.17) is 0 Å². The second-order valence-electron chi connectivity index (χ2n) is 6.67. The van der Waals surface area contributed by atoms with Gasteiger partial charge in [0.15, 0.2) is 0 Å². The smallest absolute Gasteiger partial charge is 0.129 e. The molecule has 0 aliphatic rings. The fourth-order valence-electron chi connectivity index (χ4n) is 2.34. The Balaban J connectivity index is 2.29. The van der Waals surface area contributed by atoms with Crippen LogP contribution in [0.15, 0.2) is 72.8 Å². The Morgan fingerprint density at radius 2 is 1.39 bits per heavy atom. The van der Waals surface area contributed by atoms with Crippen molar-refractivity contribution in [3.05, 3.63) is 83.9 Å². The van der Waals surface area contributed by atoms with Gasteiger partial charge < -0.3 is 5.11 Å². The van der Waals surface area contributed by atoms with Crippen molar-refractivity contribution in [3.8, 4) is 11.5 Å². The van der Waals surface area contributed by atoms with Crippen molar-refractivity contribution in [3.63, 3.8) is 0 Å². The molecule has 0 saturated carbocycles. The number of rotatable bonds is 4. The predicted octanol–water partition coefficient (Wildman–Crippen LogP) is 4.94. The van der Waals surface area contributed by atoms with Crippen LogP contribution in [0.4, 0.5) is 0 Å². The SMILES string of the molecule is C[Si](C)(C)C#C/C=C/[C@H](c1ccccc1)[C@H](O)c1ccccc1. The highest BCUT2D eigenvalue weighted by molar-refractivity contribution is 6.83. The van der Waals surface area contributed by atoms with E-state index in [0.717, 1.165) is 11.1 Å². The molecule has 23 heavy (non-hydrogen) atoms. The predicted molar refractivity (Wildman–Crippen MR) is 101 cm³/mol. The van der Waals surface area contributed by atoms with Gasteiger partial charge in [0.2, 0.25) is 0 Å². The zero-order valence-corrected chi connectivity index (χ0v) is 15.0. The van der Waals surface area contributed by atoms with Crippen molar-refractivity contribution in [2.75, 3.05) is 0 Å². The van der Waals surface area contributed by atoms with Crippen molar-refractivity contribution >= 4 is 8.07 Å². The molecule has 2 heteroatoms. The molecular formula is C21H24OSi. The van der Waals surface area contributed by atoms with Crippen molar-refractivity contribution in [2.24, 2.45) is 0 Å². The Hall–Kier alpha value is -2.08. The van der Waals surface area contributed by atoms with Crippen LogP contribution in [-0.4, -0.2) is 13.2 Å². The maximum absolute atomic E-state index is 10.8. The maximum Gasteiger partial charge on any atom is 0.129 e. The van der Waals surface area contributed by atoms with Crippen LogP contribution in [0.25, 0.3) is 0 Å². The standard InChI is InChI=1S/C21H24OSi/c1-23(2,3)17-11-10-16-20(18-12-6-4-7-13-18)21(22)19-14-8-5-9-15-19/h4-10,12-16,20-22H,1-3H3/b16-10+/t20-,21-/m1/s1. The average Bonchev–Trinajstić information content (AvgIpc) is 2.55. The minimum Gasteiger partial charge on any atom is -0.387 e. The molecule has 118 valence electrons. The first-order chi connectivity index (χ1) is 11.0. The second-order valence-corrected chi connectivity index (χ2v) is 11.4. The lowest BCUT2D eigenvalue weighted by Gasteiger charge is -2.20. The first kappa shape index (κ1) is 17.3. The van der Waals surface area contributed by atoms with Crippen molar-refractivity contribution in [1.29, 1.82) is 0 Å². The van der Waals surface area contributed by atoms with Gasteiger partial charge in [0.1, 0.15) is 8.07 Å². The van der Waals surface area contributed by atoms with Gasteiger partial charge in [-0.05, 0) is 17.2 Å². The van der Waals surface area contributed by atoms with Gasteiger partial charge >= 0.3 is 0 Å². The van der Waals surface area contributed by atoms with Crippen molar-refractivity contribution in [1.82, 2.24) is 0 Å². The number of hydrogen-bond donors (Lipinski definition) is 1. The quantitative estimate of drug-likeness (QED) is 0.625. The Bertz CT molecular complexity index is 687. The molecule has 1 N–H and O–H groups in total. The lowest BCUT2D eigenvalue weighted by Crippen LogP contribution is -2.16. The van der Waals surface area contributed by atoms with Crippen LogP contribution in [0, 0.1) is 11.5 Å². The summed E-state index contributed by atoms with van der Waals surface area (Å²) >= 11 is 0. The van der Waals surface area contributed by atoms with Gasteiger partial charge in [0, 0.05) is 5.92 Å². The minimum absolute atomic E-state index is 0.102. The molecule has 0 spiro atoms. The summed E-state index contributed by atoms with van der Waals surface area (Å²) in [4.78, 5) is 0. The summed E-state index contributed by atoms with van der Waals surface area (Å²) in [6.07, 6.45) is 3.32. The van der Waals surface area contributed by atoms with E-state index in [1.807, 2.05) is 72.8 Å². The summed E-state index contributed by atoms with van der Waals surface area (Å²) in [6.45, 7) is 6.67. The zero-order chi connectivity index (χ0) is 16.7. The molecule has 2 atom stereocenters. The van der Waals surface area contributed by atoms with E-state index in [0.29, 0.717) is 0 Å². The second kappa shape index (κ2) is 7.96. The molecule has 0 amide bonds. The van der Waals surface area contributed by atoms with E-state index in [-0.39, 0.29) is 5.92 Å². The highest BCUT2D eigenvalue weighted by Gasteiger charge is 2.19. The molecule has 0 radical (unpaired) electrons. The molecule has 0 heterocycles. The van der Waals surface area contributed by atoms with E-state index < -0.39 is 14.2 Å². The van der Waals surface area contributed by atoms with Gasteiger partial charge in [-0.2, -0.15) is 0 Å². The third-order valence-corrected chi connectivity index (χ3v) is 4.39. The van der Waals surface area contributed by atoms with E-state index in [1.165, 1.54) is 0 Å². The molecule has 0 bridgehead atoms. The van der Waals surface area contributed by atoms with Crippen LogP contribution in [0.1, 0.15) is 23.1 Å². The average molecular weight is 321 g/mol. The van der Waals surface area contributed by atoms with Crippen LogP contribution in [-0.2, 0) is 0 Å². The third kappa shape index (κ3) is 5.56. The lowest BCUT2D eigenvalue weighted by atomic mass is 9.89. The molecule has 0 saturated heterocycles. The Morgan fingerprint density at radius 1 is 0.870 bits per heavy atom. The summed E-state index contributed by atoms with van der Waals surface area (Å²) in [6, 6.07) is 19.9. The van der Waals surface area contributed by atoms with Gasteiger partial charge in [-0.3, -0.25) is 0 Å². The Morgan fingerprint density at radius 3 is 1.91 bits per heavy atom. The fraction of sp³-hybridized carbons (Fsp3) is 0.238. The fourth-order valence-corrected chi connectivity index (χ4v) is 2.86. The normalized spacial score (nSPS) is 14.1. The monoisotopic (exact) mass is 320 g/mol. The van der Waals surface area contributed by atoms with E-state index in [2.05, 4.69) is 31.1 Å². The van der Waals surface area contributed by atoms with Gasteiger partial charge in [-0.15, -0.1) is 5.54 Å². The molecule has 0 aliphatic carbocycles. The molecule has 2 aromatic rings. The highest BCUT2D eigenvalue weighted by Crippen LogP contribution is 2.31. The van der Waals surface area contributed by atoms with E-state index >= 15 is 0 Å². The first-order valence-electron chi connectivity index (χ1n) is 7.95. The minimum atomic E-state index is -1.37. The number of aliphatic hydroxyl groups is 1. The zero-order valence-electron chi connectivity index (χ0n) is 14.0. The number of benzene rings is 2. The number of hydrogen-bond acceptors (Lipinski definition) is 1.